The lowest BCUT2D eigenvalue weighted by Gasteiger charge is -2.19. The average molecular weight is 385 g/mol. The molecule has 0 spiro atoms. The van der Waals surface area contributed by atoms with E-state index in [9.17, 15) is 19.7 Å². The van der Waals surface area contributed by atoms with Crippen LogP contribution in [0.1, 0.15) is 16.8 Å². The van der Waals surface area contributed by atoms with E-state index in [2.05, 4.69) is 5.32 Å². The molecule has 0 aromatic heterocycles. The van der Waals surface area contributed by atoms with Gasteiger partial charge in [-0.15, -0.1) is 0 Å². The summed E-state index contributed by atoms with van der Waals surface area (Å²) in [5.41, 5.74) is 0.851. The van der Waals surface area contributed by atoms with Gasteiger partial charge in [0.05, 0.1) is 25.2 Å². The number of hydrogen-bond acceptors (Lipinski definition) is 6. The summed E-state index contributed by atoms with van der Waals surface area (Å²) in [6.07, 6.45) is 0.160. The minimum absolute atomic E-state index is 0.0905. The number of hydrogen-bond donors (Lipinski definition) is 1. The van der Waals surface area contributed by atoms with Gasteiger partial charge in [0.1, 0.15) is 0 Å². The van der Waals surface area contributed by atoms with Crippen LogP contribution >= 0.6 is 0 Å². The van der Waals surface area contributed by atoms with Gasteiger partial charge in [-0.05, 0) is 24.3 Å². The lowest BCUT2D eigenvalue weighted by molar-refractivity contribution is -0.384. The van der Waals surface area contributed by atoms with Crippen molar-refractivity contribution in [3.05, 3.63) is 58.1 Å². The third-order valence-corrected chi connectivity index (χ3v) is 4.48. The summed E-state index contributed by atoms with van der Waals surface area (Å²) >= 11 is 0. The number of rotatable bonds is 6. The van der Waals surface area contributed by atoms with E-state index in [0.29, 0.717) is 29.3 Å². The first-order chi connectivity index (χ1) is 13.4. The predicted octanol–water partition coefficient (Wildman–Crippen LogP) is 2.15. The van der Waals surface area contributed by atoms with Crippen LogP contribution in [-0.2, 0) is 4.79 Å². The molecule has 2 amide bonds. The molecule has 9 nitrogen and oxygen atoms in total. The molecule has 28 heavy (non-hydrogen) atoms. The number of ether oxygens (including phenoxy) is 2. The SMILES string of the molecule is COc1ccc(N2C[C@@H](NC(=O)c3ccc([N+](=O)[O-])cc3)CC2=O)cc1OC. The van der Waals surface area contributed by atoms with Crippen molar-refractivity contribution < 1.29 is 24.0 Å². The highest BCUT2D eigenvalue weighted by atomic mass is 16.6. The number of nitrogens with one attached hydrogen (secondary N) is 1. The molecule has 3 rings (SSSR count). The van der Waals surface area contributed by atoms with E-state index in [4.69, 9.17) is 9.47 Å². The van der Waals surface area contributed by atoms with E-state index < -0.39 is 4.92 Å². The van der Waals surface area contributed by atoms with Gasteiger partial charge in [-0.2, -0.15) is 0 Å². The zero-order valence-corrected chi connectivity index (χ0v) is 15.4. The summed E-state index contributed by atoms with van der Waals surface area (Å²) in [6.45, 7) is 0.313. The van der Waals surface area contributed by atoms with Crippen molar-refractivity contribution in [1.29, 1.82) is 0 Å². The van der Waals surface area contributed by atoms with Crippen LogP contribution in [0, 0.1) is 10.1 Å². The van der Waals surface area contributed by atoms with E-state index in [1.54, 1.807) is 23.1 Å². The number of benzene rings is 2. The zero-order valence-electron chi connectivity index (χ0n) is 15.4. The smallest absolute Gasteiger partial charge is 0.269 e. The normalized spacial score (nSPS) is 16.0. The maximum Gasteiger partial charge on any atom is 0.269 e. The highest BCUT2D eigenvalue weighted by Crippen LogP contribution is 2.33. The van der Waals surface area contributed by atoms with Crippen LogP contribution in [0.4, 0.5) is 11.4 Å². The third-order valence-electron chi connectivity index (χ3n) is 4.48. The van der Waals surface area contributed by atoms with Crippen LogP contribution in [0.15, 0.2) is 42.5 Å². The Kier molecular flexibility index (Phi) is 5.44. The Hall–Kier alpha value is -3.62. The maximum absolute atomic E-state index is 12.4. The Balaban J connectivity index is 1.69. The standard InChI is InChI=1S/C19H19N3O6/c1-27-16-8-7-15(10-17(16)28-2)21-11-13(9-18(21)23)20-19(24)12-3-5-14(6-4-12)22(25)26/h3-8,10,13H,9,11H2,1-2H3,(H,20,24)/t13-/m0/s1. The Morgan fingerprint density at radius 3 is 2.43 bits per heavy atom. The first kappa shape index (κ1) is 19.2. The predicted molar refractivity (Wildman–Crippen MR) is 101 cm³/mol. The Labute approximate surface area is 161 Å². The summed E-state index contributed by atoms with van der Waals surface area (Å²) in [4.78, 5) is 36.5. The van der Waals surface area contributed by atoms with Gasteiger partial charge in [-0.3, -0.25) is 19.7 Å². The van der Waals surface area contributed by atoms with E-state index >= 15 is 0 Å². The van der Waals surface area contributed by atoms with Crippen LogP contribution in [0.3, 0.4) is 0 Å². The van der Waals surface area contributed by atoms with Gasteiger partial charge >= 0.3 is 0 Å². The Bertz CT molecular complexity index is 912. The van der Waals surface area contributed by atoms with Crippen LogP contribution in [0.25, 0.3) is 0 Å². The van der Waals surface area contributed by atoms with Crippen molar-refractivity contribution in [2.24, 2.45) is 0 Å². The van der Waals surface area contributed by atoms with E-state index in [-0.39, 0.29) is 30.0 Å². The zero-order chi connectivity index (χ0) is 20.3. The number of carbonyl (C=O) groups excluding carboxylic acids is 2. The highest BCUT2D eigenvalue weighted by molar-refractivity contribution is 5.99. The molecular weight excluding hydrogens is 366 g/mol. The first-order valence-electron chi connectivity index (χ1n) is 8.50. The lowest BCUT2D eigenvalue weighted by Crippen LogP contribution is -2.37. The molecule has 1 N–H and O–H groups in total. The van der Waals surface area contributed by atoms with Crippen LogP contribution in [0.2, 0.25) is 0 Å². The molecule has 146 valence electrons. The van der Waals surface area contributed by atoms with E-state index in [1.807, 2.05) is 0 Å². The number of nitro benzene ring substituents is 1. The van der Waals surface area contributed by atoms with Crippen molar-refractivity contribution in [2.75, 3.05) is 25.7 Å². The van der Waals surface area contributed by atoms with Crippen LogP contribution < -0.4 is 19.7 Å². The second-order valence-electron chi connectivity index (χ2n) is 6.22. The fourth-order valence-corrected chi connectivity index (χ4v) is 3.05. The fraction of sp³-hybridized carbons (Fsp3) is 0.263. The Morgan fingerprint density at radius 2 is 1.82 bits per heavy atom. The fourth-order valence-electron chi connectivity index (χ4n) is 3.05. The number of non-ortho nitro benzene ring substituents is 1. The van der Waals surface area contributed by atoms with Gasteiger partial charge < -0.3 is 19.7 Å². The summed E-state index contributed by atoms with van der Waals surface area (Å²) in [5.74, 6) is 0.551. The Morgan fingerprint density at radius 1 is 1.14 bits per heavy atom. The second-order valence-corrected chi connectivity index (χ2v) is 6.22. The van der Waals surface area contributed by atoms with Crippen molar-refractivity contribution in [3.8, 4) is 11.5 Å². The molecule has 1 heterocycles. The van der Waals surface area contributed by atoms with Crippen molar-refractivity contribution in [1.82, 2.24) is 5.32 Å². The van der Waals surface area contributed by atoms with Gasteiger partial charge in [0, 0.05) is 42.4 Å². The minimum atomic E-state index is -0.529. The molecule has 1 fully saturated rings. The molecule has 1 aliphatic heterocycles. The van der Waals surface area contributed by atoms with Crippen molar-refractivity contribution in [2.45, 2.75) is 12.5 Å². The second kappa shape index (κ2) is 7.95. The van der Waals surface area contributed by atoms with Gasteiger partial charge in [0.15, 0.2) is 11.5 Å². The maximum atomic E-state index is 12.4. The molecule has 1 saturated heterocycles. The van der Waals surface area contributed by atoms with Crippen LogP contribution in [-0.4, -0.2) is 43.5 Å². The molecule has 0 bridgehead atoms. The van der Waals surface area contributed by atoms with E-state index in [1.165, 1.54) is 38.5 Å². The molecule has 2 aromatic rings. The summed E-state index contributed by atoms with van der Waals surface area (Å²) in [6, 6.07) is 10.1. The summed E-state index contributed by atoms with van der Waals surface area (Å²) < 4.78 is 10.5. The summed E-state index contributed by atoms with van der Waals surface area (Å²) in [7, 11) is 3.04. The van der Waals surface area contributed by atoms with Gasteiger partial charge in [-0.25, -0.2) is 0 Å². The summed E-state index contributed by atoms with van der Waals surface area (Å²) in [5, 5.41) is 13.5. The number of carbonyl (C=O) groups is 2. The lowest BCUT2D eigenvalue weighted by atomic mass is 10.1. The number of anilines is 1. The monoisotopic (exact) mass is 385 g/mol. The van der Waals surface area contributed by atoms with Crippen molar-refractivity contribution in [3.63, 3.8) is 0 Å². The highest BCUT2D eigenvalue weighted by Gasteiger charge is 2.32. The quantitative estimate of drug-likeness (QED) is 0.602. The van der Waals surface area contributed by atoms with Crippen LogP contribution in [0.5, 0.6) is 11.5 Å². The molecule has 1 atom stereocenters. The van der Waals surface area contributed by atoms with E-state index in [0.717, 1.165) is 0 Å². The molecular formula is C19H19N3O6. The molecule has 0 saturated carbocycles. The number of nitrogens with zero attached hydrogens (tertiary/aromatic N) is 2. The van der Waals surface area contributed by atoms with Gasteiger partial charge in [-0.1, -0.05) is 0 Å². The molecule has 2 aromatic carbocycles. The molecule has 0 aliphatic carbocycles. The average Bonchev–Trinajstić information content (AvgIpc) is 3.07. The molecule has 0 radical (unpaired) electrons. The van der Waals surface area contributed by atoms with Gasteiger partial charge in [0.2, 0.25) is 5.91 Å². The first-order valence-corrected chi connectivity index (χ1v) is 8.50. The molecule has 9 heteroatoms. The number of methoxy groups -OCH3 is 2. The number of nitro groups is 1. The number of amides is 2. The minimum Gasteiger partial charge on any atom is -0.493 e. The van der Waals surface area contributed by atoms with Gasteiger partial charge in [0.25, 0.3) is 11.6 Å². The third kappa shape index (κ3) is 3.88. The topological polar surface area (TPSA) is 111 Å². The molecule has 0 unspecified atom stereocenters. The molecule has 1 aliphatic rings. The largest absolute Gasteiger partial charge is 0.493 e. The van der Waals surface area contributed by atoms with Crippen molar-refractivity contribution >= 4 is 23.2 Å².